The van der Waals surface area contributed by atoms with Crippen LogP contribution in [0.2, 0.25) is 5.02 Å². The fourth-order valence-electron chi connectivity index (χ4n) is 9.86. The summed E-state index contributed by atoms with van der Waals surface area (Å²) in [5, 5.41) is 10.8. The standard InChI is InChI=1S/C41H47ClF2N10O3/c1-46-31-18-35(49-54-34(37(45)56)19-47-38(31)54)53-15-11-28-32(3-2-4-33(28)53)52-13-9-25(10-14-52)20-51-22-40(23-51)12-16-50(24-41(40,43)44)21-26-5-7-30(42)29(17-26)27-6-8-36(55)48-39(27)57/h2-5,7,17-19,25,27,46H,6,8-16,20-24H2,1H3,(H2,45,56)(H,48,55,57). The normalized spacial score (nSPS) is 22.5. The highest BCUT2D eigenvalue weighted by atomic mass is 35.5. The lowest BCUT2D eigenvalue weighted by Crippen LogP contribution is -2.70. The van der Waals surface area contributed by atoms with Crippen LogP contribution in [0, 0.1) is 11.3 Å². The molecule has 57 heavy (non-hydrogen) atoms. The predicted molar refractivity (Wildman–Crippen MR) is 213 cm³/mol. The highest BCUT2D eigenvalue weighted by molar-refractivity contribution is 6.31. The molecule has 4 saturated heterocycles. The van der Waals surface area contributed by atoms with Crippen LogP contribution in [-0.4, -0.2) is 107 Å². The number of likely N-dealkylation sites (tertiary alicyclic amines) is 2. The summed E-state index contributed by atoms with van der Waals surface area (Å²) >= 11 is 6.45. The summed E-state index contributed by atoms with van der Waals surface area (Å²) in [5.41, 5.74) is 11.2. The van der Waals surface area contributed by atoms with E-state index in [9.17, 15) is 14.4 Å². The van der Waals surface area contributed by atoms with E-state index < -0.39 is 23.2 Å². The van der Waals surface area contributed by atoms with Crippen LogP contribution >= 0.6 is 11.6 Å². The van der Waals surface area contributed by atoms with Crippen molar-refractivity contribution < 1.29 is 23.2 Å². The highest BCUT2D eigenvalue weighted by Gasteiger charge is 2.62. The lowest BCUT2D eigenvalue weighted by Gasteiger charge is -2.58. The second-order valence-electron chi connectivity index (χ2n) is 16.5. The van der Waals surface area contributed by atoms with E-state index in [1.807, 2.05) is 30.1 Å². The number of nitrogens with one attached hydrogen (secondary N) is 2. The number of hydrogen-bond donors (Lipinski definition) is 3. The molecule has 2 aromatic carbocycles. The van der Waals surface area contributed by atoms with Gasteiger partial charge in [0.05, 0.1) is 29.8 Å². The molecule has 0 aliphatic carbocycles. The number of nitrogens with two attached hydrogens (primary N) is 1. The predicted octanol–water partition coefficient (Wildman–Crippen LogP) is 4.80. The van der Waals surface area contributed by atoms with Crippen molar-refractivity contribution in [2.75, 3.05) is 74.5 Å². The van der Waals surface area contributed by atoms with E-state index in [0.29, 0.717) is 67.0 Å². The number of rotatable bonds is 9. The number of imide groups is 1. The van der Waals surface area contributed by atoms with Gasteiger partial charge in [0.25, 0.3) is 11.8 Å². The number of carbonyl (C=O) groups is 3. The minimum Gasteiger partial charge on any atom is -0.385 e. The summed E-state index contributed by atoms with van der Waals surface area (Å²) in [5.74, 6) is -3.44. The smallest absolute Gasteiger partial charge is 0.269 e. The quantitative estimate of drug-likeness (QED) is 0.202. The summed E-state index contributed by atoms with van der Waals surface area (Å²) < 4.78 is 33.4. The first-order valence-electron chi connectivity index (χ1n) is 19.9. The van der Waals surface area contributed by atoms with Crippen molar-refractivity contribution in [2.45, 2.75) is 56.9 Å². The van der Waals surface area contributed by atoms with Crippen LogP contribution in [0.3, 0.4) is 0 Å². The van der Waals surface area contributed by atoms with Crippen molar-refractivity contribution in [3.8, 4) is 0 Å². The number of piperidine rings is 3. The molecule has 0 radical (unpaired) electrons. The number of amides is 3. The van der Waals surface area contributed by atoms with Gasteiger partial charge < -0.3 is 25.8 Å². The van der Waals surface area contributed by atoms with Gasteiger partial charge in [0, 0.05) is 87.3 Å². The van der Waals surface area contributed by atoms with E-state index >= 15 is 8.78 Å². The molecular weight excluding hydrogens is 754 g/mol. The monoisotopic (exact) mass is 800 g/mol. The average molecular weight is 801 g/mol. The third kappa shape index (κ3) is 6.76. The Hall–Kier alpha value is -4.86. The van der Waals surface area contributed by atoms with Gasteiger partial charge in [-0.15, -0.1) is 5.10 Å². The molecule has 9 rings (SSSR count). The van der Waals surface area contributed by atoms with Crippen LogP contribution in [-0.2, 0) is 22.6 Å². The van der Waals surface area contributed by atoms with Crippen molar-refractivity contribution in [3.63, 3.8) is 0 Å². The summed E-state index contributed by atoms with van der Waals surface area (Å²) in [6, 6.07) is 13.7. The Balaban J connectivity index is 0.791. The molecule has 4 N–H and O–H groups in total. The topological polar surface area (TPSA) is 144 Å². The summed E-state index contributed by atoms with van der Waals surface area (Å²) in [6.45, 7) is 4.88. The maximum Gasteiger partial charge on any atom is 0.269 e. The second kappa shape index (κ2) is 14.5. The van der Waals surface area contributed by atoms with Crippen molar-refractivity contribution in [2.24, 2.45) is 17.1 Å². The number of aromatic nitrogens is 3. The zero-order chi connectivity index (χ0) is 39.6. The molecule has 2 aromatic heterocycles. The van der Waals surface area contributed by atoms with Crippen molar-refractivity contribution in [1.29, 1.82) is 0 Å². The van der Waals surface area contributed by atoms with E-state index in [1.165, 1.54) is 22.0 Å². The first-order chi connectivity index (χ1) is 27.4. The lowest BCUT2D eigenvalue weighted by molar-refractivity contribution is -0.227. The van der Waals surface area contributed by atoms with Gasteiger partial charge >= 0.3 is 0 Å². The zero-order valence-corrected chi connectivity index (χ0v) is 32.7. The van der Waals surface area contributed by atoms with Crippen LogP contribution in [0.5, 0.6) is 0 Å². The van der Waals surface area contributed by atoms with Gasteiger partial charge in [0.1, 0.15) is 5.69 Å². The Kier molecular flexibility index (Phi) is 9.60. The molecule has 13 nitrogen and oxygen atoms in total. The molecule has 0 bridgehead atoms. The summed E-state index contributed by atoms with van der Waals surface area (Å²) in [7, 11) is 1.81. The van der Waals surface area contributed by atoms with Gasteiger partial charge in [0.15, 0.2) is 11.5 Å². The fraction of sp³-hybridized carbons (Fsp3) is 0.488. The number of carbonyl (C=O) groups excluding carboxylic acids is 3. The van der Waals surface area contributed by atoms with E-state index in [0.717, 1.165) is 62.4 Å². The van der Waals surface area contributed by atoms with Crippen LogP contribution in [0.4, 0.5) is 31.7 Å². The number of imidazole rings is 1. The number of hydrogen-bond acceptors (Lipinski definition) is 10. The molecule has 16 heteroatoms. The van der Waals surface area contributed by atoms with E-state index in [-0.39, 0.29) is 30.5 Å². The molecule has 300 valence electrons. The van der Waals surface area contributed by atoms with Crippen LogP contribution in [0.1, 0.15) is 65.2 Å². The molecule has 7 heterocycles. The minimum atomic E-state index is -2.82. The largest absolute Gasteiger partial charge is 0.385 e. The van der Waals surface area contributed by atoms with Gasteiger partial charge in [-0.05, 0) is 73.9 Å². The van der Waals surface area contributed by atoms with Crippen LogP contribution < -0.4 is 26.2 Å². The highest BCUT2D eigenvalue weighted by Crippen LogP contribution is 2.51. The second-order valence-corrected chi connectivity index (χ2v) is 16.9. The average Bonchev–Trinajstić information content (AvgIpc) is 3.81. The molecular formula is C41H47ClF2N10O3. The molecule has 4 fully saturated rings. The Morgan fingerprint density at radius 3 is 2.53 bits per heavy atom. The first-order valence-corrected chi connectivity index (χ1v) is 20.2. The molecule has 0 saturated carbocycles. The van der Waals surface area contributed by atoms with Gasteiger partial charge in [-0.1, -0.05) is 29.8 Å². The van der Waals surface area contributed by atoms with E-state index in [4.69, 9.17) is 22.4 Å². The molecule has 5 aliphatic heterocycles. The lowest BCUT2D eigenvalue weighted by atomic mass is 9.68. The Morgan fingerprint density at radius 2 is 1.79 bits per heavy atom. The van der Waals surface area contributed by atoms with Crippen molar-refractivity contribution in [3.05, 3.63) is 76.1 Å². The Bertz CT molecular complexity index is 2250. The molecule has 1 spiro atoms. The number of anilines is 4. The number of halogens is 3. The van der Waals surface area contributed by atoms with Crippen LogP contribution in [0.15, 0.2) is 48.7 Å². The van der Waals surface area contributed by atoms with Crippen molar-refractivity contribution in [1.82, 2.24) is 29.7 Å². The molecule has 3 amide bonds. The number of alkyl halides is 2. The van der Waals surface area contributed by atoms with E-state index in [1.54, 1.807) is 6.07 Å². The first kappa shape index (κ1) is 37.7. The Morgan fingerprint density at radius 1 is 1.00 bits per heavy atom. The molecule has 5 aliphatic rings. The zero-order valence-electron chi connectivity index (χ0n) is 31.9. The number of fused-ring (bicyclic) bond motifs is 2. The number of primary amides is 1. The maximum atomic E-state index is 15.9. The third-order valence-electron chi connectivity index (χ3n) is 13.0. The third-order valence-corrected chi connectivity index (χ3v) is 13.3. The molecule has 4 aromatic rings. The van der Waals surface area contributed by atoms with Gasteiger partial charge in [-0.25, -0.2) is 18.3 Å². The molecule has 1 atom stereocenters. The van der Waals surface area contributed by atoms with Gasteiger partial charge in [-0.3, -0.25) is 24.6 Å². The number of benzene rings is 2. The SMILES string of the molecule is CNc1cc(N2CCc3c(N4CCC(CN5CC6(CCN(Cc7ccc(Cl)c(C8CCC(=O)NC8=O)c7)CC6(F)F)C5)CC4)cccc32)nn2c(C(N)=O)cnc12. The number of nitrogens with zero attached hydrogens (tertiary/aromatic N) is 7. The van der Waals surface area contributed by atoms with Gasteiger partial charge in [0.2, 0.25) is 11.8 Å². The van der Waals surface area contributed by atoms with Crippen LogP contribution in [0.25, 0.3) is 5.65 Å². The minimum absolute atomic E-state index is 0.224. The van der Waals surface area contributed by atoms with E-state index in [2.05, 4.69) is 48.5 Å². The van der Waals surface area contributed by atoms with Gasteiger partial charge in [-0.2, -0.15) is 0 Å². The van der Waals surface area contributed by atoms with Crippen molar-refractivity contribution >= 4 is 57.8 Å². The fourth-order valence-corrected chi connectivity index (χ4v) is 10.1. The summed E-state index contributed by atoms with van der Waals surface area (Å²) in [4.78, 5) is 49.3. The summed E-state index contributed by atoms with van der Waals surface area (Å²) in [6.07, 6.45) is 5.38. The maximum absolute atomic E-state index is 15.9. The Labute approximate surface area is 334 Å². The molecule has 1 unspecified atom stereocenters.